The fraction of sp³-hybridized carbons (Fsp3) is 0.250. The summed E-state index contributed by atoms with van der Waals surface area (Å²) in [4.78, 5) is 34.5. The van der Waals surface area contributed by atoms with E-state index in [-0.39, 0.29) is 5.91 Å². The predicted molar refractivity (Wildman–Crippen MR) is 101 cm³/mol. The Morgan fingerprint density at radius 1 is 0.926 bits per heavy atom. The molecule has 2 rings (SSSR count). The first-order valence-corrected chi connectivity index (χ1v) is 8.49. The van der Waals surface area contributed by atoms with Gasteiger partial charge in [0.15, 0.2) is 0 Å². The monoisotopic (exact) mass is 370 g/mol. The van der Waals surface area contributed by atoms with Crippen LogP contribution in [-0.2, 0) is 4.79 Å². The van der Waals surface area contributed by atoms with E-state index in [2.05, 4.69) is 24.5 Å². The van der Waals surface area contributed by atoms with Crippen molar-refractivity contribution in [1.29, 1.82) is 0 Å². The van der Waals surface area contributed by atoms with Gasteiger partial charge in [-0.1, -0.05) is 13.8 Å². The van der Waals surface area contributed by atoms with E-state index in [9.17, 15) is 14.4 Å². The van der Waals surface area contributed by atoms with Crippen molar-refractivity contribution in [3.8, 4) is 5.75 Å². The van der Waals surface area contributed by atoms with Gasteiger partial charge in [-0.15, -0.1) is 0 Å². The molecule has 0 atom stereocenters. The SMILES string of the molecule is CC(C)COc1ccc(C(=O)Nc2ccc(C(=O)NCC(=O)O)cc2)cc1. The smallest absolute Gasteiger partial charge is 0.322 e. The van der Waals surface area contributed by atoms with Gasteiger partial charge in [0.05, 0.1) is 6.61 Å². The molecule has 7 heteroatoms. The number of rotatable bonds is 8. The quantitative estimate of drug-likeness (QED) is 0.663. The van der Waals surface area contributed by atoms with Gasteiger partial charge in [0.2, 0.25) is 0 Å². The average Bonchev–Trinajstić information content (AvgIpc) is 2.65. The first-order chi connectivity index (χ1) is 12.8. The summed E-state index contributed by atoms with van der Waals surface area (Å²) in [6, 6.07) is 13.0. The van der Waals surface area contributed by atoms with Crippen molar-refractivity contribution in [2.45, 2.75) is 13.8 Å². The van der Waals surface area contributed by atoms with Gasteiger partial charge in [0.25, 0.3) is 11.8 Å². The van der Waals surface area contributed by atoms with Crippen LogP contribution in [0.4, 0.5) is 5.69 Å². The average molecular weight is 370 g/mol. The molecule has 0 radical (unpaired) electrons. The number of carboxylic acids is 1. The van der Waals surface area contributed by atoms with Crippen molar-refractivity contribution >= 4 is 23.5 Å². The Balaban J connectivity index is 1.93. The lowest BCUT2D eigenvalue weighted by atomic mass is 10.1. The number of benzene rings is 2. The van der Waals surface area contributed by atoms with Crippen LogP contribution in [0.1, 0.15) is 34.6 Å². The van der Waals surface area contributed by atoms with E-state index < -0.39 is 18.4 Å². The number of carboxylic acid groups (broad SMARTS) is 1. The first kappa shape index (κ1) is 20.0. The Labute approximate surface area is 157 Å². The van der Waals surface area contributed by atoms with Gasteiger partial charge in [-0.25, -0.2) is 0 Å². The van der Waals surface area contributed by atoms with Crippen LogP contribution < -0.4 is 15.4 Å². The van der Waals surface area contributed by atoms with Gasteiger partial charge in [0, 0.05) is 16.8 Å². The largest absolute Gasteiger partial charge is 0.493 e. The summed E-state index contributed by atoms with van der Waals surface area (Å²) >= 11 is 0. The number of hydrogen-bond donors (Lipinski definition) is 3. The van der Waals surface area contributed by atoms with Gasteiger partial charge < -0.3 is 20.5 Å². The Kier molecular flexibility index (Phi) is 6.93. The van der Waals surface area contributed by atoms with E-state index in [0.29, 0.717) is 35.1 Å². The third-order valence-electron chi connectivity index (χ3n) is 3.50. The molecule has 2 aromatic rings. The summed E-state index contributed by atoms with van der Waals surface area (Å²) in [6.45, 7) is 4.28. The Morgan fingerprint density at radius 3 is 2.04 bits per heavy atom. The summed E-state index contributed by atoms with van der Waals surface area (Å²) in [5.41, 5.74) is 1.31. The third kappa shape index (κ3) is 6.47. The highest BCUT2D eigenvalue weighted by Crippen LogP contribution is 2.15. The lowest BCUT2D eigenvalue weighted by Gasteiger charge is -2.10. The van der Waals surface area contributed by atoms with E-state index in [0.717, 1.165) is 0 Å². The summed E-state index contributed by atoms with van der Waals surface area (Å²) in [6.07, 6.45) is 0. The molecule has 27 heavy (non-hydrogen) atoms. The number of hydrogen-bond acceptors (Lipinski definition) is 4. The molecule has 0 aliphatic heterocycles. The minimum absolute atomic E-state index is 0.284. The molecule has 2 amide bonds. The highest BCUT2D eigenvalue weighted by molar-refractivity contribution is 6.04. The molecule has 2 aromatic carbocycles. The fourth-order valence-corrected chi connectivity index (χ4v) is 2.13. The highest BCUT2D eigenvalue weighted by atomic mass is 16.5. The molecular formula is C20H22N2O5. The number of amides is 2. The molecule has 142 valence electrons. The van der Waals surface area contributed by atoms with Crippen LogP contribution >= 0.6 is 0 Å². The minimum atomic E-state index is -1.12. The molecule has 0 aliphatic rings. The molecule has 0 spiro atoms. The van der Waals surface area contributed by atoms with Crippen molar-refractivity contribution in [2.75, 3.05) is 18.5 Å². The summed E-state index contributed by atoms with van der Waals surface area (Å²) in [7, 11) is 0. The molecule has 7 nitrogen and oxygen atoms in total. The summed E-state index contributed by atoms with van der Waals surface area (Å²) < 4.78 is 5.58. The molecule has 0 aliphatic carbocycles. The number of nitrogens with one attached hydrogen (secondary N) is 2. The zero-order valence-electron chi connectivity index (χ0n) is 15.2. The molecule has 0 saturated heterocycles. The van der Waals surface area contributed by atoms with E-state index in [1.54, 1.807) is 36.4 Å². The van der Waals surface area contributed by atoms with Crippen LogP contribution in [0, 0.1) is 5.92 Å². The number of carbonyl (C=O) groups is 3. The van der Waals surface area contributed by atoms with Crippen molar-refractivity contribution in [1.82, 2.24) is 5.32 Å². The van der Waals surface area contributed by atoms with Crippen LogP contribution in [-0.4, -0.2) is 36.0 Å². The molecule has 0 bridgehead atoms. The Morgan fingerprint density at radius 2 is 1.48 bits per heavy atom. The molecule has 0 heterocycles. The minimum Gasteiger partial charge on any atom is -0.493 e. The maximum Gasteiger partial charge on any atom is 0.322 e. The van der Waals surface area contributed by atoms with Crippen molar-refractivity contribution < 1.29 is 24.2 Å². The number of anilines is 1. The van der Waals surface area contributed by atoms with Crippen molar-refractivity contribution in [3.63, 3.8) is 0 Å². The molecule has 0 fully saturated rings. The van der Waals surface area contributed by atoms with Gasteiger partial charge in [0.1, 0.15) is 12.3 Å². The Bertz CT molecular complexity index is 798. The van der Waals surface area contributed by atoms with E-state index >= 15 is 0 Å². The predicted octanol–water partition coefficient (Wildman–Crippen LogP) is 2.79. The topological polar surface area (TPSA) is 105 Å². The number of aliphatic carboxylic acids is 1. The van der Waals surface area contributed by atoms with E-state index in [1.165, 1.54) is 12.1 Å². The fourth-order valence-electron chi connectivity index (χ4n) is 2.13. The van der Waals surface area contributed by atoms with Gasteiger partial charge in [-0.2, -0.15) is 0 Å². The second kappa shape index (κ2) is 9.38. The van der Waals surface area contributed by atoms with Crippen LogP contribution in [0.3, 0.4) is 0 Å². The normalized spacial score (nSPS) is 10.3. The standard InChI is InChI=1S/C20H22N2O5/c1-13(2)12-27-17-9-5-15(6-10-17)20(26)22-16-7-3-14(4-8-16)19(25)21-11-18(23)24/h3-10,13H,11-12H2,1-2H3,(H,21,25)(H,22,26)(H,23,24). The maximum atomic E-state index is 12.3. The molecule has 0 aromatic heterocycles. The molecule has 0 saturated carbocycles. The molecular weight excluding hydrogens is 348 g/mol. The summed E-state index contributed by atoms with van der Waals surface area (Å²) in [5.74, 6) is -0.771. The second-order valence-electron chi connectivity index (χ2n) is 6.34. The molecule has 0 unspecified atom stereocenters. The van der Waals surface area contributed by atoms with E-state index in [4.69, 9.17) is 9.84 Å². The van der Waals surface area contributed by atoms with Crippen LogP contribution in [0.15, 0.2) is 48.5 Å². The van der Waals surface area contributed by atoms with Gasteiger partial charge >= 0.3 is 5.97 Å². The lowest BCUT2D eigenvalue weighted by Crippen LogP contribution is -2.29. The zero-order valence-corrected chi connectivity index (χ0v) is 15.2. The van der Waals surface area contributed by atoms with Crippen LogP contribution in [0.25, 0.3) is 0 Å². The van der Waals surface area contributed by atoms with Gasteiger partial charge in [-0.05, 0) is 54.4 Å². The maximum absolute atomic E-state index is 12.3. The molecule has 3 N–H and O–H groups in total. The second-order valence-corrected chi connectivity index (χ2v) is 6.34. The van der Waals surface area contributed by atoms with Crippen LogP contribution in [0.5, 0.6) is 5.75 Å². The summed E-state index contributed by atoms with van der Waals surface area (Å²) in [5, 5.41) is 13.6. The lowest BCUT2D eigenvalue weighted by molar-refractivity contribution is -0.135. The first-order valence-electron chi connectivity index (χ1n) is 8.49. The van der Waals surface area contributed by atoms with Crippen LogP contribution in [0.2, 0.25) is 0 Å². The third-order valence-corrected chi connectivity index (χ3v) is 3.50. The number of ether oxygens (including phenoxy) is 1. The zero-order chi connectivity index (χ0) is 19.8. The van der Waals surface area contributed by atoms with Gasteiger partial charge in [-0.3, -0.25) is 14.4 Å². The number of carbonyl (C=O) groups excluding carboxylic acids is 2. The van der Waals surface area contributed by atoms with E-state index in [1.807, 2.05) is 0 Å². The van der Waals surface area contributed by atoms with Crippen molar-refractivity contribution in [3.05, 3.63) is 59.7 Å². The highest BCUT2D eigenvalue weighted by Gasteiger charge is 2.09. The van der Waals surface area contributed by atoms with Crippen molar-refractivity contribution in [2.24, 2.45) is 5.92 Å². The Hall–Kier alpha value is -3.35.